The van der Waals surface area contributed by atoms with Crippen LogP contribution in [0.25, 0.3) is 0 Å². The van der Waals surface area contributed by atoms with Gasteiger partial charge in [0.05, 0.1) is 5.92 Å². The molecular formula is C15H20N2O4. The summed E-state index contributed by atoms with van der Waals surface area (Å²) in [5.74, 6) is -1.69. The number of fused-ring (bicyclic) bond motifs is 1. The van der Waals surface area contributed by atoms with E-state index < -0.39 is 17.3 Å². The van der Waals surface area contributed by atoms with Crippen molar-refractivity contribution in [1.29, 1.82) is 0 Å². The molecule has 2 heterocycles. The van der Waals surface area contributed by atoms with Gasteiger partial charge in [-0.3, -0.25) is 14.4 Å². The quantitative estimate of drug-likeness (QED) is 0.758. The summed E-state index contributed by atoms with van der Waals surface area (Å²) in [6.07, 6.45) is 4.43. The van der Waals surface area contributed by atoms with Crippen LogP contribution in [0.3, 0.4) is 0 Å². The summed E-state index contributed by atoms with van der Waals surface area (Å²) in [5, 5.41) is 9.64. The lowest BCUT2D eigenvalue weighted by Gasteiger charge is -2.31. The summed E-state index contributed by atoms with van der Waals surface area (Å²) in [4.78, 5) is 39.6. The van der Waals surface area contributed by atoms with Gasteiger partial charge in [-0.2, -0.15) is 0 Å². The van der Waals surface area contributed by atoms with Crippen LogP contribution in [0.2, 0.25) is 0 Å². The van der Waals surface area contributed by atoms with E-state index in [2.05, 4.69) is 6.58 Å². The van der Waals surface area contributed by atoms with Gasteiger partial charge in [0.1, 0.15) is 5.41 Å². The van der Waals surface area contributed by atoms with Gasteiger partial charge in [0.15, 0.2) is 0 Å². The molecule has 0 radical (unpaired) electrons. The zero-order chi connectivity index (χ0) is 15.2. The van der Waals surface area contributed by atoms with Crippen LogP contribution in [-0.4, -0.2) is 58.9 Å². The van der Waals surface area contributed by atoms with Gasteiger partial charge in [0.2, 0.25) is 11.8 Å². The number of nitrogens with zero attached hydrogens (tertiary/aromatic N) is 2. The third kappa shape index (κ3) is 1.96. The zero-order valence-corrected chi connectivity index (χ0v) is 12.0. The molecule has 1 aliphatic carbocycles. The number of rotatable bonds is 4. The van der Waals surface area contributed by atoms with Gasteiger partial charge in [-0.25, -0.2) is 0 Å². The Morgan fingerprint density at radius 3 is 2.57 bits per heavy atom. The van der Waals surface area contributed by atoms with Crippen molar-refractivity contribution in [2.24, 2.45) is 17.3 Å². The third-order valence-electron chi connectivity index (χ3n) is 5.17. The second kappa shape index (κ2) is 4.86. The average molecular weight is 292 g/mol. The Balaban J connectivity index is 1.81. The standard InChI is InChI=1S/C15H20N2O4/c1-2-6-16-8-15(14(20)21)9-17(7-11(15)13(16)19)12(18)10-4-3-5-10/h2,10-11H,1,3-9H2,(H,20,21)/t11-,15+/m0/s1. The van der Waals surface area contributed by atoms with Crippen LogP contribution in [0, 0.1) is 17.3 Å². The number of hydrogen-bond donors (Lipinski definition) is 1. The predicted molar refractivity (Wildman–Crippen MR) is 74.3 cm³/mol. The van der Waals surface area contributed by atoms with Crippen molar-refractivity contribution >= 4 is 17.8 Å². The molecule has 114 valence electrons. The van der Waals surface area contributed by atoms with Gasteiger partial charge in [0, 0.05) is 32.1 Å². The largest absolute Gasteiger partial charge is 0.481 e. The van der Waals surface area contributed by atoms with Crippen molar-refractivity contribution in [1.82, 2.24) is 9.80 Å². The summed E-state index contributed by atoms with van der Waals surface area (Å²) in [6.45, 7) is 4.53. The molecule has 6 nitrogen and oxygen atoms in total. The summed E-state index contributed by atoms with van der Waals surface area (Å²) < 4.78 is 0. The maximum atomic E-state index is 12.4. The van der Waals surface area contributed by atoms with Crippen LogP contribution in [0.1, 0.15) is 19.3 Å². The summed E-state index contributed by atoms with van der Waals surface area (Å²) in [5.41, 5.74) is -1.14. The number of aliphatic carboxylic acids is 1. The molecule has 3 fully saturated rings. The predicted octanol–water partition coefficient (Wildman–Crippen LogP) is 0.344. The van der Waals surface area contributed by atoms with E-state index >= 15 is 0 Å². The number of carboxylic acid groups (broad SMARTS) is 1. The molecule has 0 spiro atoms. The van der Waals surface area contributed by atoms with Gasteiger partial charge in [0.25, 0.3) is 0 Å². The van der Waals surface area contributed by atoms with Crippen LogP contribution in [-0.2, 0) is 14.4 Å². The number of carbonyl (C=O) groups is 3. The van der Waals surface area contributed by atoms with Crippen LogP contribution < -0.4 is 0 Å². The second-order valence-electron chi connectivity index (χ2n) is 6.37. The molecular weight excluding hydrogens is 272 g/mol. The highest BCUT2D eigenvalue weighted by atomic mass is 16.4. The zero-order valence-electron chi connectivity index (χ0n) is 12.0. The van der Waals surface area contributed by atoms with E-state index in [0.29, 0.717) is 6.54 Å². The van der Waals surface area contributed by atoms with E-state index in [1.807, 2.05) is 0 Å². The molecule has 0 aromatic carbocycles. The first-order valence-electron chi connectivity index (χ1n) is 7.41. The van der Waals surface area contributed by atoms with E-state index in [1.54, 1.807) is 11.0 Å². The van der Waals surface area contributed by atoms with Crippen molar-refractivity contribution in [3.63, 3.8) is 0 Å². The summed E-state index contributed by atoms with van der Waals surface area (Å²) >= 11 is 0. The molecule has 2 amide bonds. The maximum absolute atomic E-state index is 12.4. The van der Waals surface area contributed by atoms with E-state index in [-0.39, 0.29) is 37.4 Å². The fourth-order valence-electron chi connectivity index (χ4n) is 3.70. The Labute approximate surface area is 123 Å². The summed E-state index contributed by atoms with van der Waals surface area (Å²) in [6, 6.07) is 0. The molecule has 3 rings (SSSR count). The van der Waals surface area contributed by atoms with Gasteiger partial charge < -0.3 is 14.9 Å². The first-order valence-corrected chi connectivity index (χ1v) is 7.41. The fraction of sp³-hybridized carbons (Fsp3) is 0.667. The topological polar surface area (TPSA) is 77.9 Å². The molecule has 21 heavy (non-hydrogen) atoms. The minimum absolute atomic E-state index is 0.0272. The highest BCUT2D eigenvalue weighted by Crippen LogP contribution is 2.44. The first kappa shape index (κ1) is 14.1. The Bertz CT molecular complexity index is 514. The highest BCUT2D eigenvalue weighted by Gasteiger charge is 2.62. The Morgan fingerprint density at radius 2 is 2.10 bits per heavy atom. The highest BCUT2D eigenvalue weighted by molar-refractivity contribution is 5.94. The lowest BCUT2D eigenvalue weighted by Crippen LogP contribution is -2.44. The SMILES string of the molecule is C=CCN1C[C@@]2(C(=O)O)CN(C(=O)C3CCC3)C[C@H]2C1=O. The van der Waals surface area contributed by atoms with Gasteiger partial charge >= 0.3 is 5.97 Å². The molecule has 2 aliphatic heterocycles. The van der Waals surface area contributed by atoms with Crippen molar-refractivity contribution in [3.05, 3.63) is 12.7 Å². The molecule has 2 saturated heterocycles. The van der Waals surface area contributed by atoms with Crippen LogP contribution >= 0.6 is 0 Å². The lowest BCUT2D eigenvalue weighted by molar-refractivity contribution is -0.150. The van der Waals surface area contributed by atoms with E-state index in [9.17, 15) is 19.5 Å². The Kier molecular flexibility index (Phi) is 3.26. The van der Waals surface area contributed by atoms with E-state index in [0.717, 1.165) is 19.3 Å². The third-order valence-corrected chi connectivity index (χ3v) is 5.17. The molecule has 1 saturated carbocycles. The van der Waals surface area contributed by atoms with E-state index in [4.69, 9.17) is 0 Å². The molecule has 6 heteroatoms. The minimum atomic E-state index is -1.14. The van der Waals surface area contributed by atoms with Crippen LogP contribution in [0.4, 0.5) is 0 Å². The maximum Gasteiger partial charge on any atom is 0.314 e. The first-order chi connectivity index (χ1) is 9.99. The normalized spacial score (nSPS) is 32.0. The lowest BCUT2D eigenvalue weighted by atomic mass is 9.81. The molecule has 0 bridgehead atoms. The van der Waals surface area contributed by atoms with Crippen molar-refractivity contribution in [2.75, 3.05) is 26.2 Å². The molecule has 0 aromatic rings. The molecule has 0 unspecified atom stereocenters. The molecule has 2 atom stereocenters. The van der Waals surface area contributed by atoms with Crippen molar-refractivity contribution in [3.8, 4) is 0 Å². The van der Waals surface area contributed by atoms with Crippen LogP contribution in [0.15, 0.2) is 12.7 Å². The fourth-order valence-corrected chi connectivity index (χ4v) is 3.70. The molecule has 1 N–H and O–H groups in total. The van der Waals surface area contributed by atoms with Gasteiger partial charge in [-0.1, -0.05) is 12.5 Å². The van der Waals surface area contributed by atoms with Crippen molar-refractivity contribution in [2.45, 2.75) is 19.3 Å². The second-order valence-corrected chi connectivity index (χ2v) is 6.37. The van der Waals surface area contributed by atoms with Crippen molar-refractivity contribution < 1.29 is 19.5 Å². The number of amides is 2. The van der Waals surface area contributed by atoms with E-state index in [1.165, 1.54) is 4.90 Å². The Hall–Kier alpha value is -1.85. The monoisotopic (exact) mass is 292 g/mol. The molecule has 0 aromatic heterocycles. The number of likely N-dealkylation sites (tertiary alicyclic amines) is 2. The number of hydrogen-bond acceptors (Lipinski definition) is 3. The average Bonchev–Trinajstić information content (AvgIpc) is 2.86. The van der Waals surface area contributed by atoms with Gasteiger partial charge in [-0.15, -0.1) is 6.58 Å². The summed E-state index contributed by atoms with van der Waals surface area (Å²) in [7, 11) is 0. The van der Waals surface area contributed by atoms with Crippen LogP contribution in [0.5, 0.6) is 0 Å². The number of carboxylic acids is 1. The van der Waals surface area contributed by atoms with Gasteiger partial charge in [-0.05, 0) is 12.8 Å². The minimum Gasteiger partial charge on any atom is -0.481 e. The Morgan fingerprint density at radius 1 is 1.38 bits per heavy atom. The smallest absolute Gasteiger partial charge is 0.314 e. The molecule has 3 aliphatic rings. The number of carbonyl (C=O) groups excluding carboxylic acids is 2.